The van der Waals surface area contributed by atoms with Gasteiger partial charge in [-0.05, 0) is 35.3 Å². The molecular formula is C17H16N4O. The van der Waals surface area contributed by atoms with E-state index in [0.717, 1.165) is 22.3 Å². The van der Waals surface area contributed by atoms with Crippen LogP contribution in [0, 0.1) is 17.9 Å². The lowest BCUT2D eigenvalue weighted by atomic mass is 10.0. The number of nitrogens with one attached hydrogen (secondary N) is 3. The van der Waals surface area contributed by atoms with Crippen LogP contribution in [-0.2, 0) is 4.79 Å². The molecule has 0 saturated carbocycles. The Bertz CT molecular complexity index is 792. The van der Waals surface area contributed by atoms with E-state index < -0.39 is 0 Å². The fraction of sp³-hybridized carbons (Fsp3) is 0.176. The first-order valence-corrected chi connectivity index (χ1v) is 7.06. The lowest BCUT2D eigenvalue weighted by Gasteiger charge is -2.10. The highest BCUT2D eigenvalue weighted by Gasteiger charge is 2.11. The van der Waals surface area contributed by atoms with Gasteiger partial charge in [0.05, 0.1) is 6.20 Å². The second-order valence-corrected chi connectivity index (χ2v) is 5.37. The molecule has 1 aromatic heterocycles. The minimum Gasteiger partial charge on any atom is -0.312 e. The first-order valence-electron chi connectivity index (χ1n) is 7.06. The molecule has 1 aromatic carbocycles. The van der Waals surface area contributed by atoms with Crippen LogP contribution in [0.3, 0.4) is 0 Å². The number of rotatable bonds is 3. The summed E-state index contributed by atoms with van der Waals surface area (Å²) < 4.78 is 0. The number of benzene rings is 1. The van der Waals surface area contributed by atoms with Gasteiger partial charge >= 0.3 is 0 Å². The van der Waals surface area contributed by atoms with E-state index in [4.69, 9.17) is 0 Å². The molecular weight excluding hydrogens is 276 g/mol. The number of carbonyl (C=O) groups is 1. The van der Waals surface area contributed by atoms with Crippen molar-refractivity contribution in [3.05, 3.63) is 47.5 Å². The second kappa shape index (κ2) is 5.78. The minimum absolute atomic E-state index is 0.0463. The van der Waals surface area contributed by atoms with E-state index in [0.29, 0.717) is 5.82 Å². The molecule has 0 atom stereocenters. The van der Waals surface area contributed by atoms with Crippen molar-refractivity contribution in [2.75, 3.05) is 0 Å². The summed E-state index contributed by atoms with van der Waals surface area (Å²) in [4.78, 5) is 11.8. The normalized spacial score (nSPS) is 12.4. The number of aromatic amines is 1. The number of amides is 1. The summed E-state index contributed by atoms with van der Waals surface area (Å²) in [5, 5.41) is 12.5. The van der Waals surface area contributed by atoms with Gasteiger partial charge in [0.15, 0.2) is 0 Å². The topological polar surface area (TPSA) is 69.8 Å². The number of fused-ring (bicyclic) bond motifs is 1. The Morgan fingerprint density at radius 1 is 1.32 bits per heavy atom. The largest absolute Gasteiger partial charge is 0.312 e. The Balaban J connectivity index is 1.96. The van der Waals surface area contributed by atoms with Gasteiger partial charge in [-0.1, -0.05) is 19.9 Å². The third-order valence-electron chi connectivity index (χ3n) is 3.36. The monoisotopic (exact) mass is 292 g/mol. The summed E-state index contributed by atoms with van der Waals surface area (Å²) in [5.74, 6) is 3.50. The molecule has 0 saturated heterocycles. The Kier molecular flexibility index (Phi) is 3.67. The van der Waals surface area contributed by atoms with Gasteiger partial charge < -0.3 is 10.6 Å². The molecule has 0 radical (unpaired) electrons. The number of hydrogen-bond acceptors (Lipinski definition) is 3. The Morgan fingerprint density at radius 2 is 2.18 bits per heavy atom. The predicted octanol–water partition coefficient (Wildman–Crippen LogP) is 2.06. The summed E-state index contributed by atoms with van der Waals surface area (Å²) in [6, 6.07) is 8.85. The molecule has 22 heavy (non-hydrogen) atoms. The van der Waals surface area contributed by atoms with E-state index in [1.54, 1.807) is 6.20 Å². The van der Waals surface area contributed by atoms with Crippen LogP contribution in [-0.4, -0.2) is 16.1 Å². The zero-order valence-electron chi connectivity index (χ0n) is 12.4. The van der Waals surface area contributed by atoms with Crippen molar-refractivity contribution < 1.29 is 4.79 Å². The summed E-state index contributed by atoms with van der Waals surface area (Å²) in [7, 11) is 0. The van der Waals surface area contributed by atoms with Crippen molar-refractivity contribution >= 4 is 12.0 Å². The van der Waals surface area contributed by atoms with Crippen molar-refractivity contribution in [2.45, 2.75) is 13.8 Å². The van der Waals surface area contributed by atoms with Crippen LogP contribution in [0.25, 0.3) is 17.2 Å². The molecule has 0 aliphatic carbocycles. The van der Waals surface area contributed by atoms with Crippen LogP contribution in [0.2, 0.25) is 0 Å². The van der Waals surface area contributed by atoms with Crippen molar-refractivity contribution in [3.8, 4) is 23.1 Å². The molecule has 0 fully saturated rings. The molecule has 5 heteroatoms. The highest BCUT2D eigenvalue weighted by molar-refractivity contribution is 5.81. The summed E-state index contributed by atoms with van der Waals surface area (Å²) >= 11 is 0. The van der Waals surface area contributed by atoms with E-state index in [9.17, 15) is 4.79 Å². The van der Waals surface area contributed by atoms with Crippen molar-refractivity contribution in [1.29, 1.82) is 0 Å². The maximum atomic E-state index is 11.8. The van der Waals surface area contributed by atoms with Crippen molar-refractivity contribution in [1.82, 2.24) is 20.8 Å². The summed E-state index contributed by atoms with van der Waals surface area (Å²) in [5.41, 5.74) is 3.92. The van der Waals surface area contributed by atoms with Crippen LogP contribution in [0.15, 0.2) is 36.4 Å². The molecule has 1 aliphatic heterocycles. The number of H-pyrrole nitrogens is 1. The lowest BCUT2D eigenvalue weighted by Crippen LogP contribution is -2.32. The van der Waals surface area contributed by atoms with Gasteiger partial charge in [0.1, 0.15) is 5.82 Å². The maximum Gasteiger partial charge on any atom is 0.228 e. The molecule has 0 spiro atoms. The van der Waals surface area contributed by atoms with Gasteiger partial charge in [-0.15, -0.1) is 0 Å². The van der Waals surface area contributed by atoms with E-state index in [-0.39, 0.29) is 11.8 Å². The molecule has 3 N–H and O–H groups in total. The van der Waals surface area contributed by atoms with Gasteiger partial charge in [-0.3, -0.25) is 9.89 Å². The zero-order chi connectivity index (χ0) is 15.5. The van der Waals surface area contributed by atoms with Gasteiger partial charge in [-0.2, -0.15) is 5.10 Å². The van der Waals surface area contributed by atoms with Gasteiger partial charge in [0, 0.05) is 29.3 Å². The number of nitrogens with zero attached hydrogens (tertiary/aromatic N) is 1. The quantitative estimate of drug-likeness (QED) is 0.758. The van der Waals surface area contributed by atoms with Gasteiger partial charge in [-0.25, -0.2) is 0 Å². The van der Waals surface area contributed by atoms with Crippen LogP contribution < -0.4 is 10.6 Å². The van der Waals surface area contributed by atoms with Crippen LogP contribution in [0.4, 0.5) is 0 Å². The molecule has 0 bridgehead atoms. The van der Waals surface area contributed by atoms with E-state index in [1.165, 1.54) is 0 Å². The maximum absolute atomic E-state index is 11.8. The van der Waals surface area contributed by atoms with Crippen molar-refractivity contribution in [3.63, 3.8) is 0 Å². The summed E-state index contributed by atoms with van der Waals surface area (Å²) in [6.45, 7) is 3.70. The lowest BCUT2D eigenvalue weighted by molar-refractivity contribution is -0.123. The Labute approximate surface area is 128 Å². The number of hydrogen-bond donors (Lipinski definition) is 3. The Morgan fingerprint density at radius 3 is 2.91 bits per heavy atom. The van der Waals surface area contributed by atoms with Crippen LogP contribution >= 0.6 is 0 Å². The summed E-state index contributed by atoms with van der Waals surface area (Å²) in [6.07, 6.45) is 5.49. The average molecular weight is 292 g/mol. The molecule has 1 aliphatic rings. The number of aromatic nitrogens is 2. The molecule has 2 aromatic rings. The highest BCUT2D eigenvalue weighted by Crippen LogP contribution is 2.23. The second-order valence-electron chi connectivity index (χ2n) is 5.37. The van der Waals surface area contributed by atoms with Crippen LogP contribution in [0.5, 0.6) is 0 Å². The van der Waals surface area contributed by atoms with Gasteiger partial charge in [0.25, 0.3) is 0 Å². The minimum atomic E-state index is -0.0874. The fourth-order valence-corrected chi connectivity index (χ4v) is 2.09. The van der Waals surface area contributed by atoms with Crippen molar-refractivity contribution in [2.24, 2.45) is 5.92 Å². The van der Waals surface area contributed by atoms with E-state index in [2.05, 4.69) is 32.8 Å². The van der Waals surface area contributed by atoms with E-state index >= 15 is 0 Å². The molecule has 5 nitrogen and oxygen atoms in total. The highest BCUT2D eigenvalue weighted by atomic mass is 16.1. The molecule has 1 amide bonds. The fourth-order valence-electron chi connectivity index (χ4n) is 2.09. The molecule has 0 unspecified atom stereocenters. The van der Waals surface area contributed by atoms with Crippen LogP contribution in [0.1, 0.15) is 25.0 Å². The molecule has 3 rings (SSSR count). The smallest absolute Gasteiger partial charge is 0.228 e. The third kappa shape index (κ3) is 2.86. The van der Waals surface area contributed by atoms with Gasteiger partial charge in [0.2, 0.25) is 5.91 Å². The zero-order valence-corrected chi connectivity index (χ0v) is 12.4. The first kappa shape index (κ1) is 14.0. The Hall–Kier alpha value is -3.00. The first-order chi connectivity index (χ1) is 10.6. The average Bonchev–Trinajstić information content (AvgIpc) is 2.95. The third-order valence-corrected chi connectivity index (χ3v) is 3.36. The number of carbonyl (C=O) groups excluding carboxylic acids is 1. The standard InChI is InChI=1S/C17H16N4O/c1-11(2)17(22)21-16-8-14-7-13(15-9-19-20-10-15)4-3-12(14)5-6-18-16/h3-4,7-11,18H,1-2H3,(H,19,20)(H,21,22). The molecule has 2 heterocycles. The molecule has 110 valence electrons. The predicted molar refractivity (Wildman–Crippen MR) is 85.0 cm³/mol. The SMILES string of the molecule is CC(C)C(=O)NC1=Cc2cc(-c3cn[nH]c3)ccc2C#CN1. The van der Waals surface area contributed by atoms with E-state index in [1.807, 2.05) is 44.3 Å².